The van der Waals surface area contributed by atoms with Gasteiger partial charge in [0.1, 0.15) is 11.5 Å². The molecule has 0 radical (unpaired) electrons. The van der Waals surface area contributed by atoms with E-state index < -0.39 is 0 Å². The van der Waals surface area contributed by atoms with Crippen LogP contribution in [0.3, 0.4) is 0 Å². The Balaban J connectivity index is 1.19. The topological polar surface area (TPSA) is 48.5 Å². The molecule has 0 aliphatic carbocycles. The van der Waals surface area contributed by atoms with Gasteiger partial charge in [-0.25, -0.2) is 0 Å². The fraction of sp³-hybridized carbons (Fsp3) is 0.536. The zero-order chi connectivity index (χ0) is 24.6. The van der Waals surface area contributed by atoms with Crippen LogP contribution in [0.5, 0.6) is 11.5 Å². The number of benzene rings is 2. The second-order valence-corrected chi connectivity index (χ2v) is 9.56. The Morgan fingerprint density at radius 2 is 1.51 bits per heavy atom. The van der Waals surface area contributed by atoms with Crippen LogP contribution in [0.4, 0.5) is 11.4 Å². The van der Waals surface area contributed by atoms with E-state index in [4.69, 9.17) is 9.47 Å². The zero-order valence-corrected chi connectivity index (χ0v) is 21.5. The number of hydrogen-bond donors (Lipinski definition) is 0. The minimum absolute atomic E-state index is 0.248. The monoisotopic (exact) mass is 480 g/mol. The van der Waals surface area contributed by atoms with Gasteiger partial charge in [0.15, 0.2) is 0 Å². The Kier molecular flexibility index (Phi) is 8.74. The molecule has 0 bridgehead atoms. The smallest absolute Gasteiger partial charge is 0.222 e. The summed E-state index contributed by atoms with van der Waals surface area (Å²) in [5, 5.41) is 0. The third-order valence-electron chi connectivity index (χ3n) is 7.12. The molecule has 1 amide bonds. The molecule has 0 N–H and O–H groups in total. The molecule has 35 heavy (non-hydrogen) atoms. The second kappa shape index (κ2) is 12.2. The maximum absolute atomic E-state index is 12.8. The fourth-order valence-electron chi connectivity index (χ4n) is 4.99. The van der Waals surface area contributed by atoms with Crippen molar-refractivity contribution in [3.8, 4) is 11.5 Å². The number of anilines is 2. The number of amides is 1. The zero-order valence-electron chi connectivity index (χ0n) is 21.5. The van der Waals surface area contributed by atoms with E-state index in [1.165, 1.54) is 11.3 Å². The van der Waals surface area contributed by atoms with Gasteiger partial charge in [0.25, 0.3) is 0 Å². The van der Waals surface area contributed by atoms with Gasteiger partial charge in [0, 0.05) is 58.8 Å². The molecule has 0 spiro atoms. The normalized spacial score (nSPS) is 16.9. The van der Waals surface area contributed by atoms with Crippen molar-refractivity contribution in [1.82, 2.24) is 9.80 Å². The summed E-state index contributed by atoms with van der Waals surface area (Å²) in [4.78, 5) is 21.9. The summed E-state index contributed by atoms with van der Waals surface area (Å²) < 4.78 is 11.7. The van der Waals surface area contributed by atoms with Crippen molar-refractivity contribution < 1.29 is 14.3 Å². The third-order valence-corrected chi connectivity index (χ3v) is 7.12. The van der Waals surface area contributed by atoms with Crippen molar-refractivity contribution in [3.05, 3.63) is 48.0 Å². The first-order chi connectivity index (χ1) is 17.1. The lowest BCUT2D eigenvalue weighted by molar-refractivity contribution is -0.131. The van der Waals surface area contributed by atoms with Crippen LogP contribution in [0.25, 0.3) is 0 Å². The van der Waals surface area contributed by atoms with Gasteiger partial charge in [0.2, 0.25) is 5.91 Å². The number of para-hydroxylation sites is 3. The van der Waals surface area contributed by atoms with Gasteiger partial charge in [-0.05, 0) is 50.6 Å². The molecule has 2 heterocycles. The minimum atomic E-state index is 0.248. The molecule has 0 saturated carbocycles. The standard InChI is InChI=1S/C28H40N4O3/c1-23-9-8-12-26(28(23)32-16-14-29(2)15-17-32)35-22-7-6-13-27(33)31-20-18-30(19-21-31)24-10-4-5-11-25(24)34-3/h4-5,8-12H,6-7,13-22H2,1-3H3. The molecule has 2 saturated heterocycles. The van der Waals surface area contributed by atoms with Crippen molar-refractivity contribution >= 4 is 17.3 Å². The summed E-state index contributed by atoms with van der Waals surface area (Å²) in [6.07, 6.45) is 2.31. The molecule has 2 fully saturated rings. The molecular weight excluding hydrogens is 440 g/mol. The number of piperazine rings is 2. The summed E-state index contributed by atoms with van der Waals surface area (Å²) in [5.41, 5.74) is 3.59. The number of hydrogen-bond acceptors (Lipinski definition) is 6. The summed E-state index contributed by atoms with van der Waals surface area (Å²) in [5.74, 6) is 2.10. The van der Waals surface area contributed by atoms with Gasteiger partial charge in [0.05, 0.1) is 25.1 Å². The minimum Gasteiger partial charge on any atom is -0.495 e. The van der Waals surface area contributed by atoms with E-state index in [9.17, 15) is 4.79 Å². The van der Waals surface area contributed by atoms with Crippen LogP contribution in [-0.4, -0.2) is 88.8 Å². The summed E-state index contributed by atoms with van der Waals surface area (Å²) >= 11 is 0. The Morgan fingerprint density at radius 3 is 2.26 bits per heavy atom. The molecule has 2 aliphatic heterocycles. The summed E-state index contributed by atoms with van der Waals surface area (Å²) in [6, 6.07) is 14.4. The molecule has 2 aromatic carbocycles. The Bertz CT molecular complexity index is 966. The van der Waals surface area contributed by atoms with Crippen LogP contribution in [-0.2, 0) is 4.79 Å². The van der Waals surface area contributed by atoms with Crippen molar-refractivity contribution in [3.63, 3.8) is 0 Å². The van der Waals surface area contributed by atoms with Gasteiger partial charge in [-0.2, -0.15) is 0 Å². The number of unbranched alkanes of at least 4 members (excludes halogenated alkanes) is 1. The Morgan fingerprint density at radius 1 is 0.829 bits per heavy atom. The van der Waals surface area contributed by atoms with E-state index in [2.05, 4.69) is 52.9 Å². The Hall–Kier alpha value is -2.93. The van der Waals surface area contributed by atoms with Crippen molar-refractivity contribution in [1.29, 1.82) is 0 Å². The van der Waals surface area contributed by atoms with Gasteiger partial charge < -0.3 is 29.1 Å². The third kappa shape index (κ3) is 6.40. The molecule has 2 aromatic rings. The number of carbonyl (C=O) groups is 1. The first-order valence-electron chi connectivity index (χ1n) is 12.9. The molecule has 7 nitrogen and oxygen atoms in total. The number of likely N-dealkylation sites (N-methyl/N-ethyl adjacent to an activating group) is 1. The number of rotatable bonds is 9. The van der Waals surface area contributed by atoms with Crippen molar-refractivity contribution in [2.45, 2.75) is 26.2 Å². The lowest BCUT2D eigenvalue weighted by Crippen LogP contribution is -2.48. The lowest BCUT2D eigenvalue weighted by atomic mass is 10.1. The summed E-state index contributed by atoms with van der Waals surface area (Å²) in [7, 11) is 3.88. The highest BCUT2D eigenvalue weighted by atomic mass is 16.5. The van der Waals surface area contributed by atoms with Crippen molar-refractivity contribution in [2.75, 3.05) is 82.9 Å². The molecule has 4 rings (SSSR count). The number of nitrogens with zero attached hydrogens (tertiary/aromatic N) is 4. The molecular formula is C28H40N4O3. The largest absolute Gasteiger partial charge is 0.495 e. The van der Waals surface area contributed by atoms with E-state index in [0.29, 0.717) is 13.0 Å². The Labute approximate surface area is 210 Å². The van der Waals surface area contributed by atoms with Crippen LogP contribution in [0.2, 0.25) is 0 Å². The molecule has 0 unspecified atom stereocenters. The predicted octanol–water partition coefficient (Wildman–Crippen LogP) is 3.65. The highest BCUT2D eigenvalue weighted by Gasteiger charge is 2.23. The maximum Gasteiger partial charge on any atom is 0.222 e. The van der Waals surface area contributed by atoms with E-state index in [1.54, 1.807) is 7.11 Å². The van der Waals surface area contributed by atoms with Crippen LogP contribution in [0, 0.1) is 6.92 Å². The van der Waals surface area contributed by atoms with Gasteiger partial charge in [-0.3, -0.25) is 4.79 Å². The van der Waals surface area contributed by atoms with E-state index >= 15 is 0 Å². The van der Waals surface area contributed by atoms with Crippen LogP contribution in [0.15, 0.2) is 42.5 Å². The van der Waals surface area contributed by atoms with E-state index in [1.807, 2.05) is 23.1 Å². The summed E-state index contributed by atoms with van der Waals surface area (Å²) in [6.45, 7) is 10.2. The number of carbonyl (C=O) groups excluding carboxylic acids is 1. The van der Waals surface area contributed by atoms with Crippen LogP contribution < -0.4 is 19.3 Å². The van der Waals surface area contributed by atoms with Crippen LogP contribution >= 0.6 is 0 Å². The van der Waals surface area contributed by atoms with Crippen molar-refractivity contribution in [2.24, 2.45) is 0 Å². The quantitative estimate of drug-likeness (QED) is 0.511. The molecule has 2 aliphatic rings. The SMILES string of the molecule is COc1ccccc1N1CCN(C(=O)CCCCOc2cccc(C)c2N2CCN(C)CC2)CC1. The maximum atomic E-state index is 12.8. The van der Waals surface area contributed by atoms with Gasteiger partial charge in [-0.15, -0.1) is 0 Å². The first-order valence-corrected chi connectivity index (χ1v) is 12.9. The second-order valence-electron chi connectivity index (χ2n) is 9.56. The molecule has 7 heteroatoms. The average molecular weight is 481 g/mol. The molecule has 0 aromatic heterocycles. The highest BCUT2D eigenvalue weighted by Crippen LogP contribution is 2.33. The number of methoxy groups -OCH3 is 1. The van der Waals surface area contributed by atoms with Gasteiger partial charge >= 0.3 is 0 Å². The highest BCUT2D eigenvalue weighted by molar-refractivity contribution is 5.76. The average Bonchev–Trinajstić information content (AvgIpc) is 2.89. The fourth-order valence-corrected chi connectivity index (χ4v) is 4.99. The predicted molar refractivity (Wildman–Crippen MR) is 142 cm³/mol. The first kappa shape index (κ1) is 25.2. The lowest BCUT2D eigenvalue weighted by Gasteiger charge is -2.36. The van der Waals surface area contributed by atoms with E-state index in [0.717, 1.165) is 82.4 Å². The van der Waals surface area contributed by atoms with E-state index in [-0.39, 0.29) is 5.91 Å². The number of aryl methyl sites for hydroxylation is 1. The molecule has 190 valence electrons. The number of ether oxygens (including phenoxy) is 2. The van der Waals surface area contributed by atoms with Crippen LogP contribution in [0.1, 0.15) is 24.8 Å². The van der Waals surface area contributed by atoms with Gasteiger partial charge in [-0.1, -0.05) is 24.3 Å². The molecule has 0 atom stereocenters.